The Hall–Kier alpha value is -3.12. The minimum absolute atomic E-state index is 0.0849. The zero-order valence-corrected chi connectivity index (χ0v) is 23.7. The lowest BCUT2D eigenvalue weighted by atomic mass is 9.86. The molecule has 1 fully saturated rings. The molecule has 0 radical (unpaired) electrons. The number of benzene rings is 2. The molecule has 2 aliphatic rings. The van der Waals surface area contributed by atoms with Crippen molar-refractivity contribution in [1.82, 2.24) is 0 Å². The van der Waals surface area contributed by atoms with Gasteiger partial charge in [0.15, 0.2) is 8.32 Å². The molecule has 11 heteroatoms. The van der Waals surface area contributed by atoms with Crippen LogP contribution in [0.25, 0.3) is 0 Å². The summed E-state index contributed by atoms with van der Waals surface area (Å²) in [6.45, 7) is 14.8. The fourth-order valence-corrected chi connectivity index (χ4v) is 6.75. The first-order chi connectivity index (χ1) is 17.8. The average Bonchev–Trinajstić information content (AvgIpc) is 3.17. The van der Waals surface area contributed by atoms with E-state index in [4.69, 9.17) is 13.9 Å². The summed E-state index contributed by atoms with van der Waals surface area (Å²) < 4.78 is 19.7. The largest absolute Gasteiger partial charge is 0.412 e. The molecule has 10 nitrogen and oxygen atoms in total. The van der Waals surface area contributed by atoms with Crippen molar-refractivity contribution in [2.45, 2.75) is 69.3 Å². The molecule has 2 aromatic rings. The highest BCUT2D eigenvalue weighted by Gasteiger charge is 2.63. The van der Waals surface area contributed by atoms with Crippen LogP contribution >= 0.6 is 0 Å². The topological polar surface area (TPSA) is 117 Å². The number of methoxy groups -OCH3 is 1. The van der Waals surface area contributed by atoms with Crippen LogP contribution in [-0.2, 0) is 19.7 Å². The molecule has 0 unspecified atom stereocenters. The van der Waals surface area contributed by atoms with Crippen LogP contribution in [0.4, 0.5) is 17.1 Å². The Morgan fingerprint density at radius 2 is 1.84 bits per heavy atom. The highest BCUT2D eigenvalue weighted by atomic mass is 28.4. The average molecular weight is 542 g/mol. The van der Waals surface area contributed by atoms with Gasteiger partial charge in [-0.25, -0.2) is 0 Å². The number of fused-ring (bicyclic) bond motifs is 4. The van der Waals surface area contributed by atoms with Crippen LogP contribution < -0.4 is 4.90 Å². The molecule has 4 rings (SSSR count). The number of hydrogen-bond acceptors (Lipinski definition) is 8. The summed E-state index contributed by atoms with van der Waals surface area (Å²) in [5.41, 5.74) is 1.30. The Bertz CT molecular complexity index is 1260. The van der Waals surface area contributed by atoms with Crippen LogP contribution in [0.15, 0.2) is 55.1 Å². The summed E-state index contributed by atoms with van der Waals surface area (Å²) in [5, 5.41) is 23.6. The number of nitrogens with zero attached hydrogens (tertiary/aromatic N) is 3. The fourth-order valence-electron chi connectivity index (χ4n) is 5.42. The highest BCUT2D eigenvalue weighted by Crippen LogP contribution is 2.58. The van der Waals surface area contributed by atoms with Crippen molar-refractivity contribution in [3.05, 3.63) is 86.5 Å². The summed E-state index contributed by atoms with van der Waals surface area (Å²) in [4.78, 5) is 24.4. The maximum absolute atomic E-state index is 12.2. The van der Waals surface area contributed by atoms with Crippen molar-refractivity contribution in [1.29, 1.82) is 0 Å². The molecule has 204 valence electrons. The van der Waals surface area contributed by atoms with Gasteiger partial charge in [-0.1, -0.05) is 51.1 Å². The molecule has 0 spiro atoms. The summed E-state index contributed by atoms with van der Waals surface area (Å²) in [6, 6.07) is 10.6. The molecule has 38 heavy (non-hydrogen) atoms. The number of rotatable bonds is 9. The molecule has 0 aliphatic carbocycles. The van der Waals surface area contributed by atoms with Crippen LogP contribution in [0.3, 0.4) is 0 Å². The summed E-state index contributed by atoms with van der Waals surface area (Å²) in [5.74, 6) is -1.33. The predicted octanol–water partition coefficient (Wildman–Crippen LogP) is 6.23. The third-order valence-electron chi connectivity index (χ3n) is 8.14. The number of non-ortho nitro benzene ring substituents is 1. The quantitative estimate of drug-likeness (QED) is 0.121. The van der Waals surface area contributed by atoms with Crippen LogP contribution in [0.2, 0.25) is 18.1 Å². The van der Waals surface area contributed by atoms with Gasteiger partial charge in [0.1, 0.15) is 11.7 Å². The van der Waals surface area contributed by atoms with Gasteiger partial charge >= 0.3 is 0 Å². The normalized spacial score (nSPS) is 24.7. The number of nitro groups is 2. The predicted molar refractivity (Wildman–Crippen MR) is 147 cm³/mol. The van der Waals surface area contributed by atoms with Gasteiger partial charge in [0, 0.05) is 18.7 Å². The third kappa shape index (κ3) is 4.43. The van der Waals surface area contributed by atoms with E-state index in [-0.39, 0.29) is 34.7 Å². The lowest BCUT2D eigenvalue weighted by Gasteiger charge is -2.50. The zero-order chi connectivity index (χ0) is 28.0. The van der Waals surface area contributed by atoms with Gasteiger partial charge in [-0.15, -0.1) is 6.58 Å². The Morgan fingerprint density at radius 1 is 1.16 bits per heavy atom. The molecule has 4 atom stereocenters. The number of hydrogen-bond donors (Lipinski definition) is 0. The van der Waals surface area contributed by atoms with Gasteiger partial charge in [0.2, 0.25) is 5.79 Å². The highest BCUT2D eigenvalue weighted by molar-refractivity contribution is 6.74. The van der Waals surface area contributed by atoms with Gasteiger partial charge in [0.25, 0.3) is 11.4 Å². The fraction of sp³-hybridized carbons (Fsp3) is 0.481. The molecule has 0 amide bonds. The smallest absolute Gasteiger partial charge is 0.299 e. The summed E-state index contributed by atoms with van der Waals surface area (Å²) in [6.07, 6.45) is 1.78. The lowest BCUT2D eigenvalue weighted by molar-refractivity contribution is -0.393. The Balaban J connectivity index is 1.99. The zero-order valence-electron chi connectivity index (χ0n) is 22.7. The van der Waals surface area contributed by atoms with E-state index in [9.17, 15) is 20.2 Å². The van der Waals surface area contributed by atoms with E-state index in [0.717, 1.165) is 17.2 Å². The monoisotopic (exact) mass is 541 g/mol. The standard InChI is InChI=1S/C27H35N3O7Si/c1-8-15-36-27(35-5)20-12-10-9-11-19(20)22-17-24(37-38(6,7)26(2,3)4)25(27)28(22)21-14-13-18(29(31)32)16-23(21)30(33)34/h8-14,16,22,24-25H,1,15,17H2,2-7H3/t22-,24-,25+,27+/m0/s1. The van der Waals surface area contributed by atoms with Gasteiger partial charge in [-0.05, 0) is 36.2 Å². The molecular formula is C27H35N3O7Si. The van der Waals surface area contributed by atoms with Crippen molar-refractivity contribution < 1.29 is 23.7 Å². The van der Waals surface area contributed by atoms with E-state index in [1.807, 2.05) is 29.2 Å². The molecule has 0 N–H and O–H groups in total. The van der Waals surface area contributed by atoms with Gasteiger partial charge in [-0.2, -0.15) is 0 Å². The van der Waals surface area contributed by atoms with E-state index in [1.54, 1.807) is 13.2 Å². The first-order valence-electron chi connectivity index (χ1n) is 12.6. The summed E-state index contributed by atoms with van der Waals surface area (Å²) in [7, 11) is -0.751. The number of nitro benzene ring substituents is 2. The van der Waals surface area contributed by atoms with Crippen LogP contribution in [0.1, 0.15) is 44.4 Å². The van der Waals surface area contributed by atoms with E-state index in [0.29, 0.717) is 6.42 Å². The Morgan fingerprint density at radius 3 is 2.42 bits per heavy atom. The SMILES string of the molecule is C=CCO[C@]1(OC)c2ccccc2[C@@H]2C[C@H](O[Si](C)(C)C(C)(C)C)[C@H]1N2c1ccc([N+](=O)[O-])cc1[N+](=O)[O-]. The molecule has 1 saturated heterocycles. The van der Waals surface area contributed by atoms with E-state index < -0.39 is 36.1 Å². The second-order valence-corrected chi connectivity index (χ2v) is 16.0. The number of anilines is 1. The van der Waals surface area contributed by atoms with Crippen LogP contribution in [0.5, 0.6) is 0 Å². The van der Waals surface area contributed by atoms with Crippen molar-refractivity contribution >= 4 is 25.4 Å². The van der Waals surface area contributed by atoms with Crippen molar-refractivity contribution in [3.63, 3.8) is 0 Å². The van der Waals surface area contributed by atoms with E-state index in [2.05, 4.69) is 40.4 Å². The molecular weight excluding hydrogens is 506 g/mol. The molecule has 0 saturated carbocycles. The van der Waals surface area contributed by atoms with Crippen molar-refractivity contribution in [3.8, 4) is 0 Å². The Labute approximate surface area is 223 Å². The molecule has 2 heterocycles. The van der Waals surface area contributed by atoms with Gasteiger partial charge < -0.3 is 18.8 Å². The summed E-state index contributed by atoms with van der Waals surface area (Å²) >= 11 is 0. The molecule has 2 aliphatic heterocycles. The first kappa shape index (κ1) is 27.9. The minimum Gasteiger partial charge on any atom is -0.412 e. The van der Waals surface area contributed by atoms with Crippen molar-refractivity contribution in [2.75, 3.05) is 18.6 Å². The second-order valence-electron chi connectivity index (χ2n) is 11.3. The lowest BCUT2D eigenvalue weighted by Crippen LogP contribution is -2.60. The van der Waals surface area contributed by atoms with E-state index >= 15 is 0 Å². The maximum Gasteiger partial charge on any atom is 0.299 e. The van der Waals surface area contributed by atoms with E-state index in [1.165, 1.54) is 12.1 Å². The number of ether oxygens (including phenoxy) is 2. The van der Waals surface area contributed by atoms with Crippen LogP contribution in [-0.4, -0.2) is 44.0 Å². The van der Waals surface area contributed by atoms with Gasteiger partial charge in [0.05, 0.1) is 34.7 Å². The van der Waals surface area contributed by atoms with Gasteiger partial charge in [-0.3, -0.25) is 20.2 Å². The maximum atomic E-state index is 12.2. The second kappa shape index (κ2) is 9.88. The molecule has 2 bridgehead atoms. The van der Waals surface area contributed by atoms with Crippen molar-refractivity contribution in [2.24, 2.45) is 0 Å². The third-order valence-corrected chi connectivity index (χ3v) is 12.6. The first-order valence-corrected chi connectivity index (χ1v) is 15.5. The minimum atomic E-state index is -2.31. The molecule has 2 aromatic carbocycles. The molecule has 0 aromatic heterocycles. The Kier molecular flexibility index (Phi) is 7.25. The van der Waals surface area contributed by atoms with Crippen LogP contribution in [0, 0.1) is 20.2 Å².